The standard InChI is InChI=1S/C19H28N4O2/c1-2-25-16-13-15(19(16)7-3-8-19)22-17(24)14-5-11-23(12-6-14)18-20-9-4-10-21-18/h4,9-10,14-16H,2-3,5-8,11-13H2,1H3,(H,22,24)/t15-,16-/m0/s1. The van der Waals surface area contributed by atoms with Crippen molar-refractivity contribution < 1.29 is 9.53 Å². The van der Waals surface area contributed by atoms with Crippen molar-refractivity contribution in [3.05, 3.63) is 18.5 Å². The van der Waals surface area contributed by atoms with Crippen molar-refractivity contribution in [3.63, 3.8) is 0 Å². The summed E-state index contributed by atoms with van der Waals surface area (Å²) in [6.45, 7) is 4.52. The van der Waals surface area contributed by atoms with E-state index >= 15 is 0 Å². The predicted octanol–water partition coefficient (Wildman–Crippen LogP) is 2.16. The molecule has 6 heteroatoms. The molecule has 1 aromatic rings. The summed E-state index contributed by atoms with van der Waals surface area (Å²) in [6.07, 6.45) is 10.3. The van der Waals surface area contributed by atoms with Crippen LogP contribution in [0.1, 0.15) is 45.4 Å². The molecule has 0 aromatic carbocycles. The van der Waals surface area contributed by atoms with Crippen molar-refractivity contribution >= 4 is 11.9 Å². The lowest BCUT2D eigenvalue weighted by molar-refractivity contribution is -0.176. The molecule has 2 heterocycles. The normalized spacial score (nSPS) is 28.3. The molecule has 2 aliphatic carbocycles. The molecule has 1 spiro atoms. The number of amides is 1. The summed E-state index contributed by atoms with van der Waals surface area (Å²) in [5, 5.41) is 3.35. The van der Waals surface area contributed by atoms with Crippen molar-refractivity contribution in [1.82, 2.24) is 15.3 Å². The summed E-state index contributed by atoms with van der Waals surface area (Å²) in [5.74, 6) is 1.12. The lowest BCUT2D eigenvalue weighted by Gasteiger charge is -2.61. The molecule has 1 aromatic heterocycles. The van der Waals surface area contributed by atoms with Crippen LogP contribution in [0.15, 0.2) is 18.5 Å². The minimum absolute atomic E-state index is 0.114. The average Bonchev–Trinajstić information content (AvgIpc) is 2.60. The maximum absolute atomic E-state index is 12.7. The van der Waals surface area contributed by atoms with Crippen LogP contribution in [-0.2, 0) is 9.53 Å². The van der Waals surface area contributed by atoms with E-state index < -0.39 is 0 Å². The summed E-state index contributed by atoms with van der Waals surface area (Å²) in [6, 6.07) is 2.15. The highest BCUT2D eigenvalue weighted by Gasteiger charge is 2.59. The van der Waals surface area contributed by atoms with Crippen molar-refractivity contribution in [2.24, 2.45) is 11.3 Å². The van der Waals surface area contributed by atoms with Gasteiger partial charge in [-0.2, -0.15) is 0 Å². The number of hydrogen-bond acceptors (Lipinski definition) is 5. The number of carbonyl (C=O) groups is 1. The van der Waals surface area contributed by atoms with Crippen molar-refractivity contribution in [1.29, 1.82) is 0 Å². The summed E-state index contributed by atoms with van der Waals surface area (Å²) < 4.78 is 5.88. The largest absolute Gasteiger partial charge is 0.378 e. The number of rotatable bonds is 5. The zero-order chi connectivity index (χ0) is 17.3. The van der Waals surface area contributed by atoms with Crippen molar-refractivity contribution in [2.45, 2.75) is 57.6 Å². The molecular weight excluding hydrogens is 316 g/mol. The van der Waals surface area contributed by atoms with Crippen LogP contribution < -0.4 is 10.2 Å². The molecule has 4 rings (SSSR count). The highest BCUT2D eigenvalue weighted by Crippen LogP contribution is 2.57. The van der Waals surface area contributed by atoms with Crippen molar-refractivity contribution in [3.8, 4) is 0 Å². The van der Waals surface area contributed by atoms with E-state index in [0.717, 1.165) is 44.9 Å². The van der Waals surface area contributed by atoms with Gasteiger partial charge in [0.25, 0.3) is 0 Å². The number of aromatic nitrogens is 2. The first-order chi connectivity index (χ1) is 12.2. The Morgan fingerprint density at radius 2 is 2.04 bits per heavy atom. The van der Waals surface area contributed by atoms with Gasteiger partial charge in [0.2, 0.25) is 11.9 Å². The summed E-state index contributed by atoms with van der Waals surface area (Å²) in [4.78, 5) is 23.5. The SMILES string of the molecule is CCO[C@H]1C[C@H](NC(=O)C2CCN(c3ncccn3)CC2)C12CCC2. The molecular formula is C19H28N4O2. The van der Waals surface area contributed by atoms with Gasteiger partial charge in [-0.3, -0.25) is 4.79 Å². The second-order valence-corrected chi connectivity index (χ2v) is 7.64. The van der Waals surface area contributed by atoms with Gasteiger partial charge in [-0.1, -0.05) is 6.42 Å². The van der Waals surface area contributed by atoms with Gasteiger partial charge in [0, 0.05) is 49.5 Å². The van der Waals surface area contributed by atoms with Crippen LogP contribution in [0.4, 0.5) is 5.95 Å². The molecule has 25 heavy (non-hydrogen) atoms. The minimum atomic E-state index is 0.114. The van der Waals surface area contributed by atoms with Gasteiger partial charge in [-0.15, -0.1) is 0 Å². The molecule has 0 radical (unpaired) electrons. The fourth-order valence-corrected chi connectivity index (χ4v) is 4.73. The van der Waals surface area contributed by atoms with Gasteiger partial charge in [0.15, 0.2) is 0 Å². The number of carbonyl (C=O) groups excluding carboxylic acids is 1. The maximum Gasteiger partial charge on any atom is 0.225 e. The first kappa shape index (κ1) is 16.8. The molecule has 2 atom stereocenters. The zero-order valence-corrected chi connectivity index (χ0v) is 15.0. The van der Waals surface area contributed by atoms with E-state index in [2.05, 4.69) is 27.1 Å². The van der Waals surface area contributed by atoms with E-state index in [0.29, 0.717) is 12.1 Å². The Balaban J connectivity index is 1.29. The summed E-state index contributed by atoms with van der Waals surface area (Å²) in [5.41, 5.74) is 0.240. The van der Waals surface area contributed by atoms with Crippen LogP contribution in [0, 0.1) is 11.3 Å². The molecule has 1 amide bonds. The first-order valence-corrected chi connectivity index (χ1v) is 9.67. The van der Waals surface area contributed by atoms with Gasteiger partial charge in [0.1, 0.15) is 0 Å². The van der Waals surface area contributed by atoms with Crippen molar-refractivity contribution in [2.75, 3.05) is 24.6 Å². The fourth-order valence-electron chi connectivity index (χ4n) is 4.73. The second-order valence-electron chi connectivity index (χ2n) is 7.64. The Hall–Kier alpha value is -1.69. The van der Waals surface area contributed by atoms with Gasteiger partial charge in [0.05, 0.1) is 6.10 Å². The third-order valence-electron chi connectivity index (χ3n) is 6.45. The quantitative estimate of drug-likeness (QED) is 0.886. The molecule has 1 N–H and O–H groups in total. The van der Waals surface area contributed by atoms with Crippen LogP contribution in [0.25, 0.3) is 0 Å². The van der Waals surface area contributed by atoms with E-state index in [9.17, 15) is 4.79 Å². The molecule has 0 bridgehead atoms. The highest BCUT2D eigenvalue weighted by atomic mass is 16.5. The molecule has 2 saturated carbocycles. The van der Waals surface area contributed by atoms with Gasteiger partial charge >= 0.3 is 0 Å². The Labute approximate surface area is 149 Å². The van der Waals surface area contributed by atoms with Crippen LogP contribution in [0.3, 0.4) is 0 Å². The van der Waals surface area contributed by atoms with E-state index in [1.165, 1.54) is 19.3 Å². The number of anilines is 1. The number of nitrogens with one attached hydrogen (secondary N) is 1. The number of ether oxygens (including phenoxy) is 1. The van der Waals surface area contributed by atoms with E-state index in [4.69, 9.17) is 4.74 Å². The van der Waals surface area contributed by atoms with E-state index in [1.807, 2.05) is 6.07 Å². The predicted molar refractivity (Wildman–Crippen MR) is 95.2 cm³/mol. The third-order valence-corrected chi connectivity index (χ3v) is 6.45. The lowest BCUT2D eigenvalue weighted by atomic mass is 9.51. The number of nitrogens with zero attached hydrogens (tertiary/aromatic N) is 3. The molecule has 1 aliphatic heterocycles. The summed E-state index contributed by atoms with van der Waals surface area (Å²) >= 11 is 0. The second kappa shape index (κ2) is 6.90. The van der Waals surface area contributed by atoms with Gasteiger partial charge in [-0.25, -0.2) is 9.97 Å². The number of hydrogen-bond donors (Lipinski definition) is 1. The molecule has 3 aliphatic rings. The zero-order valence-electron chi connectivity index (χ0n) is 15.0. The highest BCUT2D eigenvalue weighted by molar-refractivity contribution is 5.79. The molecule has 0 unspecified atom stereocenters. The molecule has 136 valence electrons. The monoisotopic (exact) mass is 344 g/mol. The number of piperidine rings is 1. The minimum Gasteiger partial charge on any atom is -0.378 e. The fraction of sp³-hybridized carbons (Fsp3) is 0.737. The van der Waals surface area contributed by atoms with Crippen LogP contribution in [-0.4, -0.2) is 47.7 Å². The topological polar surface area (TPSA) is 67.3 Å². The maximum atomic E-state index is 12.7. The van der Waals surface area contributed by atoms with Crippen LogP contribution in [0.5, 0.6) is 0 Å². The van der Waals surface area contributed by atoms with Gasteiger partial charge < -0.3 is 15.0 Å². The van der Waals surface area contributed by atoms with Gasteiger partial charge in [-0.05, 0) is 45.1 Å². The molecule has 6 nitrogen and oxygen atoms in total. The molecule has 1 saturated heterocycles. The Bertz CT molecular complexity index is 597. The Morgan fingerprint density at radius 3 is 2.64 bits per heavy atom. The Kier molecular flexibility index (Phi) is 4.63. The average molecular weight is 344 g/mol. The van der Waals surface area contributed by atoms with Crippen LogP contribution in [0.2, 0.25) is 0 Å². The van der Waals surface area contributed by atoms with Crippen LogP contribution >= 0.6 is 0 Å². The summed E-state index contributed by atoms with van der Waals surface area (Å²) in [7, 11) is 0. The molecule has 3 fully saturated rings. The third kappa shape index (κ3) is 3.01. The van der Waals surface area contributed by atoms with E-state index in [1.54, 1.807) is 12.4 Å². The lowest BCUT2D eigenvalue weighted by Crippen LogP contribution is -2.68. The Morgan fingerprint density at radius 1 is 1.32 bits per heavy atom. The van der Waals surface area contributed by atoms with E-state index in [-0.39, 0.29) is 17.2 Å². The smallest absolute Gasteiger partial charge is 0.225 e. The first-order valence-electron chi connectivity index (χ1n) is 9.67.